The van der Waals surface area contributed by atoms with E-state index in [1.54, 1.807) is 43.4 Å². The zero-order valence-corrected chi connectivity index (χ0v) is 16.2. The molecule has 2 heterocycles. The Morgan fingerprint density at radius 3 is 2.68 bits per heavy atom. The molecule has 6 nitrogen and oxygen atoms in total. The number of hydrogen-bond donors (Lipinski definition) is 1. The van der Waals surface area contributed by atoms with Crippen LogP contribution in [0.2, 0.25) is 0 Å². The summed E-state index contributed by atoms with van der Waals surface area (Å²) in [5, 5.41) is 0. The fourth-order valence-corrected chi connectivity index (χ4v) is 4.04. The molecule has 4 rings (SSSR count). The van der Waals surface area contributed by atoms with Crippen molar-refractivity contribution >= 4 is 11.9 Å². The Balaban J connectivity index is 1.93. The van der Waals surface area contributed by atoms with Crippen molar-refractivity contribution in [2.45, 2.75) is 31.4 Å². The Labute approximate surface area is 162 Å². The van der Waals surface area contributed by atoms with Gasteiger partial charge in [0.1, 0.15) is 11.4 Å². The van der Waals surface area contributed by atoms with Gasteiger partial charge in [-0.3, -0.25) is 9.69 Å². The molecule has 2 aliphatic rings. The summed E-state index contributed by atoms with van der Waals surface area (Å²) in [6.45, 7) is 3.81. The summed E-state index contributed by atoms with van der Waals surface area (Å²) in [6, 6.07) is 10.2. The fraction of sp³-hybridized carbons (Fsp3) is 0.333. The number of likely N-dealkylation sites (N-methyl/N-ethyl adjacent to an activating group) is 1. The van der Waals surface area contributed by atoms with Gasteiger partial charge in [0.15, 0.2) is 23.1 Å². The van der Waals surface area contributed by atoms with E-state index in [1.807, 2.05) is 13.8 Å². The summed E-state index contributed by atoms with van der Waals surface area (Å²) >= 11 is 0. The van der Waals surface area contributed by atoms with Crippen LogP contribution >= 0.6 is 0 Å². The van der Waals surface area contributed by atoms with E-state index >= 15 is 0 Å². The largest absolute Gasteiger partial charge is 0.494 e. The van der Waals surface area contributed by atoms with Crippen molar-refractivity contribution in [3.63, 3.8) is 0 Å². The van der Waals surface area contributed by atoms with E-state index in [0.717, 1.165) is 0 Å². The normalized spacial score (nSPS) is 22.7. The van der Waals surface area contributed by atoms with Crippen molar-refractivity contribution < 1.29 is 18.7 Å². The molecule has 0 fully saturated rings. The second-order valence-corrected chi connectivity index (χ2v) is 7.77. The van der Waals surface area contributed by atoms with Crippen LogP contribution in [-0.2, 0) is 10.3 Å². The highest BCUT2D eigenvalue weighted by atomic mass is 19.1. The molecule has 0 saturated heterocycles. The van der Waals surface area contributed by atoms with Crippen molar-refractivity contribution in [1.82, 2.24) is 4.90 Å². The van der Waals surface area contributed by atoms with E-state index in [4.69, 9.17) is 15.2 Å². The molecule has 0 radical (unpaired) electrons. The number of aliphatic imine (C=N–C) groups is 1. The lowest BCUT2D eigenvalue weighted by molar-refractivity contribution is -0.133. The van der Waals surface area contributed by atoms with Crippen molar-refractivity contribution in [2.24, 2.45) is 10.7 Å². The van der Waals surface area contributed by atoms with Gasteiger partial charge in [-0.15, -0.1) is 0 Å². The molecular formula is C21H22FN3O3. The molecule has 0 aliphatic carbocycles. The third-order valence-electron chi connectivity index (χ3n) is 5.29. The van der Waals surface area contributed by atoms with E-state index in [-0.39, 0.29) is 17.6 Å². The molecule has 2 N–H and O–H groups in total. The number of halogens is 1. The van der Waals surface area contributed by atoms with Crippen LogP contribution in [0.25, 0.3) is 11.1 Å². The quantitative estimate of drug-likeness (QED) is 0.865. The predicted molar refractivity (Wildman–Crippen MR) is 104 cm³/mol. The van der Waals surface area contributed by atoms with Gasteiger partial charge in [-0.25, -0.2) is 9.38 Å². The Morgan fingerprint density at radius 2 is 2.04 bits per heavy atom. The van der Waals surface area contributed by atoms with Gasteiger partial charge in [0.25, 0.3) is 5.91 Å². The Morgan fingerprint density at radius 1 is 1.29 bits per heavy atom. The first-order valence-corrected chi connectivity index (χ1v) is 8.98. The van der Waals surface area contributed by atoms with Gasteiger partial charge in [-0.2, -0.15) is 0 Å². The minimum Gasteiger partial charge on any atom is -0.494 e. The van der Waals surface area contributed by atoms with E-state index in [0.29, 0.717) is 28.9 Å². The smallest absolute Gasteiger partial charge is 0.261 e. The number of carbonyl (C=O) groups is 1. The number of benzene rings is 2. The number of fused-ring (bicyclic) bond motifs is 2. The maximum atomic E-state index is 14.8. The van der Waals surface area contributed by atoms with E-state index in [2.05, 4.69) is 4.99 Å². The molecule has 1 spiro atoms. The molecule has 1 unspecified atom stereocenters. The van der Waals surface area contributed by atoms with Crippen LogP contribution in [0.4, 0.5) is 4.39 Å². The molecule has 2 aliphatic heterocycles. The Kier molecular flexibility index (Phi) is 3.89. The third-order valence-corrected chi connectivity index (χ3v) is 5.29. The molecule has 0 saturated carbocycles. The zero-order valence-electron chi connectivity index (χ0n) is 16.2. The maximum Gasteiger partial charge on any atom is 0.261 e. The standard InChI is InChI=1S/C21H22FN3O3/c1-20(2)11-21(18(26)25(3)19(23)24-21)14-10-12(8-9-15(14)28-20)13-6-5-7-16(27-4)17(13)22/h5-10H,11H2,1-4H3,(H2,23,24). The van der Waals surface area contributed by atoms with E-state index < -0.39 is 17.0 Å². The summed E-state index contributed by atoms with van der Waals surface area (Å²) < 4.78 is 26.0. The fourth-order valence-electron chi connectivity index (χ4n) is 4.04. The Hall–Kier alpha value is -3.09. The van der Waals surface area contributed by atoms with E-state index in [1.165, 1.54) is 12.0 Å². The second kappa shape index (κ2) is 5.95. The predicted octanol–water partition coefficient (Wildman–Crippen LogP) is 3.04. The number of rotatable bonds is 2. The van der Waals surface area contributed by atoms with Crippen LogP contribution in [0.1, 0.15) is 25.8 Å². The highest BCUT2D eigenvalue weighted by molar-refractivity contribution is 6.07. The number of hydrogen-bond acceptors (Lipinski definition) is 5. The van der Waals surface area contributed by atoms with Crippen LogP contribution in [0, 0.1) is 5.82 Å². The van der Waals surface area contributed by atoms with Crippen molar-refractivity contribution in [3.05, 3.63) is 47.8 Å². The van der Waals surface area contributed by atoms with Gasteiger partial charge < -0.3 is 15.2 Å². The van der Waals surface area contributed by atoms with Crippen LogP contribution in [0.15, 0.2) is 41.4 Å². The average Bonchev–Trinajstić information content (AvgIpc) is 2.85. The third kappa shape index (κ3) is 2.53. The van der Waals surface area contributed by atoms with Crippen LogP contribution in [0.5, 0.6) is 11.5 Å². The molecule has 1 amide bonds. The number of ether oxygens (including phenoxy) is 2. The number of methoxy groups -OCH3 is 1. The van der Waals surface area contributed by atoms with Crippen molar-refractivity contribution in [1.29, 1.82) is 0 Å². The summed E-state index contributed by atoms with van der Waals surface area (Å²) in [4.78, 5) is 19.0. The molecule has 0 aromatic heterocycles. The van der Waals surface area contributed by atoms with Gasteiger partial charge in [0, 0.05) is 24.6 Å². The first kappa shape index (κ1) is 18.3. The molecule has 1 atom stereocenters. The van der Waals surface area contributed by atoms with Crippen LogP contribution in [-0.4, -0.2) is 36.5 Å². The molecule has 28 heavy (non-hydrogen) atoms. The highest BCUT2D eigenvalue weighted by Crippen LogP contribution is 2.50. The summed E-state index contributed by atoms with van der Waals surface area (Å²) in [6.07, 6.45) is 0.334. The minimum absolute atomic E-state index is 0.154. The monoisotopic (exact) mass is 383 g/mol. The maximum absolute atomic E-state index is 14.8. The molecule has 146 valence electrons. The number of guanidine groups is 1. The number of carbonyl (C=O) groups excluding carboxylic acids is 1. The highest BCUT2D eigenvalue weighted by Gasteiger charge is 2.55. The first-order valence-electron chi connectivity index (χ1n) is 8.98. The second-order valence-electron chi connectivity index (χ2n) is 7.77. The van der Waals surface area contributed by atoms with Crippen LogP contribution < -0.4 is 15.2 Å². The van der Waals surface area contributed by atoms with Crippen LogP contribution in [0.3, 0.4) is 0 Å². The summed E-state index contributed by atoms with van der Waals surface area (Å²) in [5.41, 5.74) is 5.74. The zero-order chi connectivity index (χ0) is 20.3. The SMILES string of the molecule is COc1cccc(-c2ccc3c(c2)C2(CC(C)(C)O3)N=C(N)N(C)C2=O)c1F. The van der Waals surface area contributed by atoms with Gasteiger partial charge in [0.05, 0.1) is 7.11 Å². The minimum atomic E-state index is -1.18. The van der Waals surface area contributed by atoms with Gasteiger partial charge in [0.2, 0.25) is 0 Å². The van der Waals surface area contributed by atoms with Crippen molar-refractivity contribution in [2.75, 3.05) is 14.2 Å². The Bertz CT molecular complexity index is 1020. The van der Waals surface area contributed by atoms with Crippen molar-refractivity contribution in [3.8, 4) is 22.6 Å². The molecular weight excluding hydrogens is 361 g/mol. The molecule has 7 heteroatoms. The van der Waals surface area contributed by atoms with Gasteiger partial charge >= 0.3 is 0 Å². The summed E-state index contributed by atoms with van der Waals surface area (Å²) in [5.74, 6) is 0.177. The lowest BCUT2D eigenvalue weighted by atomic mass is 9.77. The van der Waals surface area contributed by atoms with Gasteiger partial charge in [-0.05, 0) is 37.6 Å². The number of nitrogens with two attached hydrogens (primary N) is 1. The number of nitrogens with zero attached hydrogens (tertiary/aromatic N) is 2. The van der Waals surface area contributed by atoms with Gasteiger partial charge in [-0.1, -0.05) is 18.2 Å². The lowest BCUT2D eigenvalue weighted by Crippen LogP contribution is -2.49. The molecule has 2 aromatic rings. The molecule has 2 aromatic carbocycles. The number of amides is 1. The average molecular weight is 383 g/mol. The first-order chi connectivity index (χ1) is 13.2. The topological polar surface area (TPSA) is 77.2 Å². The van der Waals surface area contributed by atoms with E-state index in [9.17, 15) is 9.18 Å². The summed E-state index contributed by atoms with van der Waals surface area (Å²) in [7, 11) is 3.02. The molecule has 0 bridgehead atoms. The lowest BCUT2D eigenvalue weighted by Gasteiger charge is -2.41.